The number of carbonyl (C=O) groups excluding carboxylic acids is 2. The van der Waals surface area contributed by atoms with Crippen LogP contribution in [0.2, 0.25) is 0 Å². The quantitative estimate of drug-likeness (QED) is 0.656. The van der Waals surface area contributed by atoms with Crippen molar-refractivity contribution in [2.45, 2.75) is 77.7 Å². The third kappa shape index (κ3) is 2.19. The first-order chi connectivity index (χ1) is 12.3. The summed E-state index contributed by atoms with van der Waals surface area (Å²) in [5, 5.41) is 9.96. The maximum absolute atomic E-state index is 11.9. The summed E-state index contributed by atoms with van der Waals surface area (Å²) in [6.45, 7) is 5.97. The molecular weight excluding hydrogens is 326 g/mol. The first-order valence-electron chi connectivity index (χ1n) is 10.1. The number of fused-ring (bicyclic) bond motifs is 5. The van der Waals surface area contributed by atoms with E-state index in [0.717, 1.165) is 38.5 Å². The summed E-state index contributed by atoms with van der Waals surface area (Å²) >= 11 is 0. The number of nitriles is 1. The molecule has 26 heavy (non-hydrogen) atoms. The maximum atomic E-state index is 11.9. The second-order valence-corrected chi connectivity index (χ2v) is 9.50. The second kappa shape index (κ2) is 5.68. The van der Waals surface area contributed by atoms with Gasteiger partial charge in [-0.05, 0) is 67.8 Å². The van der Waals surface area contributed by atoms with Gasteiger partial charge in [-0.25, -0.2) is 0 Å². The minimum atomic E-state index is -0.964. The highest BCUT2D eigenvalue weighted by Gasteiger charge is 2.66. The van der Waals surface area contributed by atoms with Crippen LogP contribution in [0.25, 0.3) is 0 Å². The zero-order valence-electron chi connectivity index (χ0n) is 16.1. The van der Waals surface area contributed by atoms with E-state index in [1.807, 2.05) is 6.08 Å². The summed E-state index contributed by atoms with van der Waals surface area (Å²) in [5.41, 5.74) is 0.283. The number of ether oxygens (including phenoxy) is 1. The van der Waals surface area contributed by atoms with Crippen LogP contribution in [0.1, 0.15) is 72.1 Å². The van der Waals surface area contributed by atoms with Gasteiger partial charge in [-0.15, -0.1) is 0 Å². The zero-order valence-corrected chi connectivity index (χ0v) is 16.1. The molecular formula is C22H29NO3. The van der Waals surface area contributed by atoms with Crippen molar-refractivity contribution < 1.29 is 14.3 Å². The van der Waals surface area contributed by atoms with E-state index in [4.69, 9.17) is 4.74 Å². The molecule has 6 atom stereocenters. The fraction of sp³-hybridized carbons (Fsp3) is 0.773. The molecule has 0 aliphatic heterocycles. The molecule has 0 heterocycles. The lowest BCUT2D eigenvalue weighted by Gasteiger charge is -2.58. The molecule has 0 amide bonds. The molecule has 0 saturated heterocycles. The molecule has 4 aliphatic rings. The molecule has 4 heteroatoms. The van der Waals surface area contributed by atoms with Crippen molar-refractivity contribution in [1.29, 1.82) is 5.26 Å². The summed E-state index contributed by atoms with van der Waals surface area (Å²) in [6, 6.07) is 2.42. The van der Waals surface area contributed by atoms with E-state index in [1.165, 1.54) is 12.5 Å². The first kappa shape index (κ1) is 17.8. The smallest absolute Gasteiger partial charge is 0.304 e. The molecule has 4 rings (SSSR count). The van der Waals surface area contributed by atoms with Gasteiger partial charge in [0.25, 0.3) is 0 Å². The molecule has 0 bridgehead atoms. The van der Waals surface area contributed by atoms with Crippen LogP contribution in [0.3, 0.4) is 0 Å². The van der Waals surface area contributed by atoms with Crippen molar-refractivity contribution in [3.05, 3.63) is 11.6 Å². The van der Waals surface area contributed by atoms with Gasteiger partial charge in [0.05, 0.1) is 0 Å². The van der Waals surface area contributed by atoms with Gasteiger partial charge in [-0.1, -0.05) is 19.4 Å². The van der Waals surface area contributed by atoms with E-state index in [0.29, 0.717) is 30.6 Å². The normalized spacial score (nSPS) is 47.1. The van der Waals surface area contributed by atoms with Crippen molar-refractivity contribution >= 4 is 11.8 Å². The number of allylic oxidation sites excluding steroid dienone is 1. The third-order valence-corrected chi connectivity index (χ3v) is 8.58. The van der Waals surface area contributed by atoms with E-state index in [-0.39, 0.29) is 22.6 Å². The lowest BCUT2D eigenvalue weighted by Crippen LogP contribution is -2.55. The predicted octanol–water partition coefficient (Wildman–Crippen LogP) is 4.34. The van der Waals surface area contributed by atoms with Gasteiger partial charge in [0.1, 0.15) is 6.07 Å². The molecule has 0 radical (unpaired) electrons. The fourth-order valence-electron chi connectivity index (χ4n) is 7.18. The van der Waals surface area contributed by atoms with Gasteiger partial charge in [0, 0.05) is 25.2 Å². The molecule has 4 nitrogen and oxygen atoms in total. The number of esters is 1. The second-order valence-electron chi connectivity index (χ2n) is 9.50. The Labute approximate surface area is 156 Å². The van der Waals surface area contributed by atoms with Gasteiger partial charge in [-0.2, -0.15) is 5.26 Å². The molecule has 0 N–H and O–H groups in total. The Morgan fingerprint density at radius 3 is 2.58 bits per heavy atom. The van der Waals surface area contributed by atoms with Crippen molar-refractivity contribution in [1.82, 2.24) is 0 Å². The average Bonchev–Trinajstić information content (AvgIpc) is 2.88. The van der Waals surface area contributed by atoms with E-state index in [2.05, 4.69) is 19.9 Å². The van der Waals surface area contributed by atoms with Gasteiger partial charge in [0.15, 0.2) is 5.78 Å². The number of carbonyl (C=O) groups is 2. The van der Waals surface area contributed by atoms with Crippen LogP contribution in [0.15, 0.2) is 11.6 Å². The lowest BCUT2D eigenvalue weighted by atomic mass is 9.46. The topological polar surface area (TPSA) is 67.2 Å². The van der Waals surface area contributed by atoms with Crippen LogP contribution in [-0.2, 0) is 14.3 Å². The van der Waals surface area contributed by atoms with Crippen molar-refractivity contribution in [2.75, 3.05) is 0 Å². The number of rotatable bonds is 1. The van der Waals surface area contributed by atoms with E-state index in [9.17, 15) is 14.9 Å². The summed E-state index contributed by atoms with van der Waals surface area (Å²) < 4.78 is 5.69. The standard InChI is InChI=1S/C22H29NO3/c1-14(24)26-22(13-23)11-8-19-17-5-4-15-12-16(25)6-9-20(15,2)18(17)7-10-21(19,22)3/h12,17-19H,4-11H2,1-3H3/t17-,18+,19+,20+,21+,22-/m1/s1. The molecule has 0 aromatic carbocycles. The minimum absolute atomic E-state index is 0.136. The van der Waals surface area contributed by atoms with Gasteiger partial charge >= 0.3 is 5.97 Å². The summed E-state index contributed by atoms with van der Waals surface area (Å²) in [5.74, 6) is 1.52. The Morgan fingerprint density at radius 1 is 1.15 bits per heavy atom. The maximum Gasteiger partial charge on any atom is 0.304 e. The molecule has 3 fully saturated rings. The van der Waals surface area contributed by atoms with Crippen LogP contribution in [0, 0.1) is 39.9 Å². The summed E-state index contributed by atoms with van der Waals surface area (Å²) in [4.78, 5) is 23.6. The van der Waals surface area contributed by atoms with Gasteiger partial charge < -0.3 is 4.74 Å². The number of nitrogens with zero attached hydrogens (tertiary/aromatic N) is 1. The van der Waals surface area contributed by atoms with Gasteiger partial charge in [0.2, 0.25) is 5.60 Å². The SMILES string of the molecule is CC(=O)O[C@@]1(C#N)CC[C@H]2[C@@H]3CCC4=CC(=O)CC[C@]4(C)[C@H]3CC[C@@]21C. The third-order valence-electron chi connectivity index (χ3n) is 8.58. The largest absolute Gasteiger partial charge is 0.443 e. The molecule has 0 unspecified atom stereocenters. The highest BCUT2D eigenvalue weighted by molar-refractivity contribution is 5.91. The molecule has 140 valence electrons. The van der Waals surface area contributed by atoms with E-state index in [1.54, 1.807) is 0 Å². The first-order valence-corrected chi connectivity index (χ1v) is 10.1. The Bertz CT molecular complexity index is 734. The minimum Gasteiger partial charge on any atom is -0.443 e. The summed E-state index contributed by atoms with van der Waals surface area (Å²) in [6.07, 6.45) is 9.28. The molecule has 3 saturated carbocycles. The van der Waals surface area contributed by atoms with E-state index >= 15 is 0 Å². The zero-order chi connectivity index (χ0) is 18.7. The lowest BCUT2D eigenvalue weighted by molar-refractivity contribution is -0.169. The van der Waals surface area contributed by atoms with Crippen molar-refractivity contribution in [3.63, 3.8) is 0 Å². The van der Waals surface area contributed by atoms with E-state index < -0.39 is 5.60 Å². The van der Waals surface area contributed by atoms with Crippen molar-refractivity contribution in [2.24, 2.45) is 28.6 Å². The van der Waals surface area contributed by atoms with Crippen LogP contribution in [-0.4, -0.2) is 17.4 Å². The van der Waals surface area contributed by atoms with Gasteiger partial charge in [-0.3, -0.25) is 9.59 Å². The average molecular weight is 355 g/mol. The molecule has 0 aromatic heterocycles. The summed E-state index contributed by atoms with van der Waals surface area (Å²) in [7, 11) is 0. The Morgan fingerprint density at radius 2 is 1.88 bits per heavy atom. The number of hydrogen-bond acceptors (Lipinski definition) is 4. The fourth-order valence-corrected chi connectivity index (χ4v) is 7.18. The monoisotopic (exact) mass is 355 g/mol. The molecule has 0 spiro atoms. The van der Waals surface area contributed by atoms with Crippen LogP contribution >= 0.6 is 0 Å². The number of hydrogen-bond donors (Lipinski definition) is 0. The van der Waals surface area contributed by atoms with Crippen LogP contribution in [0.4, 0.5) is 0 Å². The Kier molecular flexibility index (Phi) is 3.88. The highest BCUT2D eigenvalue weighted by atomic mass is 16.6. The molecule has 4 aliphatic carbocycles. The molecule has 0 aromatic rings. The van der Waals surface area contributed by atoms with Crippen LogP contribution < -0.4 is 0 Å². The number of ketones is 1. The highest BCUT2D eigenvalue weighted by Crippen LogP contribution is 2.68. The van der Waals surface area contributed by atoms with Crippen LogP contribution in [0.5, 0.6) is 0 Å². The Balaban J connectivity index is 1.69. The predicted molar refractivity (Wildman–Crippen MR) is 96.8 cm³/mol. The Hall–Kier alpha value is -1.63. The van der Waals surface area contributed by atoms with Crippen molar-refractivity contribution in [3.8, 4) is 6.07 Å².